The lowest BCUT2D eigenvalue weighted by Crippen LogP contribution is -2.58. The molecule has 3 rings (SSSR count). The zero-order valence-electron chi connectivity index (χ0n) is 18.9. The van der Waals surface area contributed by atoms with Crippen molar-refractivity contribution in [1.29, 1.82) is 0 Å². The van der Waals surface area contributed by atoms with Crippen LogP contribution >= 0.6 is 0 Å². The smallest absolute Gasteiger partial charge is 0.387 e. The largest absolute Gasteiger partial charge is 0.486 e. The SMILES string of the molecule is CCCCC[C@]1(O)CCN(CC(=O)Nc2ccccc2OC(F)F)C[C@@H]1Oc1ccccc1. The van der Waals surface area contributed by atoms with E-state index in [1.54, 1.807) is 12.1 Å². The monoisotopic (exact) mass is 462 g/mol. The van der Waals surface area contributed by atoms with E-state index in [9.17, 15) is 18.7 Å². The third kappa shape index (κ3) is 7.40. The molecule has 8 heteroatoms. The highest BCUT2D eigenvalue weighted by atomic mass is 19.3. The fourth-order valence-electron chi connectivity index (χ4n) is 4.09. The van der Waals surface area contributed by atoms with Crippen molar-refractivity contribution in [3.8, 4) is 11.5 Å². The molecule has 1 aliphatic heterocycles. The fourth-order valence-corrected chi connectivity index (χ4v) is 4.09. The van der Waals surface area contributed by atoms with Gasteiger partial charge in [0, 0.05) is 13.1 Å². The molecule has 1 heterocycles. The van der Waals surface area contributed by atoms with Gasteiger partial charge < -0.3 is 19.9 Å². The summed E-state index contributed by atoms with van der Waals surface area (Å²) in [5.41, 5.74) is -0.789. The molecule has 2 aromatic carbocycles. The molecule has 6 nitrogen and oxygen atoms in total. The molecule has 0 bridgehead atoms. The van der Waals surface area contributed by atoms with Crippen LogP contribution in [0.5, 0.6) is 11.5 Å². The molecule has 0 aromatic heterocycles. The lowest BCUT2D eigenvalue weighted by atomic mass is 9.83. The van der Waals surface area contributed by atoms with Crippen molar-refractivity contribution in [3.05, 3.63) is 54.6 Å². The Hall–Kier alpha value is -2.71. The van der Waals surface area contributed by atoms with Gasteiger partial charge in [-0.25, -0.2) is 0 Å². The first-order valence-electron chi connectivity index (χ1n) is 11.4. The maximum absolute atomic E-state index is 12.7. The van der Waals surface area contributed by atoms with Gasteiger partial charge in [-0.2, -0.15) is 8.78 Å². The molecular formula is C25H32F2N2O4. The van der Waals surface area contributed by atoms with Crippen LogP contribution in [0.4, 0.5) is 14.5 Å². The summed E-state index contributed by atoms with van der Waals surface area (Å²) < 4.78 is 35.9. The van der Waals surface area contributed by atoms with Crippen LogP contribution in [0.25, 0.3) is 0 Å². The first-order chi connectivity index (χ1) is 15.9. The van der Waals surface area contributed by atoms with Crippen molar-refractivity contribution in [3.63, 3.8) is 0 Å². The molecule has 0 unspecified atom stereocenters. The summed E-state index contributed by atoms with van der Waals surface area (Å²) in [6.45, 7) is 0.0857. The Labute approximate surface area is 193 Å². The van der Waals surface area contributed by atoms with E-state index in [1.807, 2.05) is 35.2 Å². The number of benzene rings is 2. The van der Waals surface area contributed by atoms with E-state index in [-0.39, 0.29) is 23.9 Å². The van der Waals surface area contributed by atoms with Gasteiger partial charge in [-0.15, -0.1) is 0 Å². The van der Waals surface area contributed by atoms with Gasteiger partial charge in [0.05, 0.1) is 12.2 Å². The summed E-state index contributed by atoms with van der Waals surface area (Å²) >= 11 is 0. The summed E-state index contributed by atoms with van der Waals surface area (Å²) in [7, 11) is 0. The molecular weight excluding hydrogens is 430 g/mol. The number of halogens is 2. The zero-order valence-corrected chi connectivity index (χ0v) is 18.9. The van der Waals surface area contributed by atoms with E-state index in [4.69, 9.17) is 4.74 Å². The van der Waals surface area contributed by atoms with Gasteiger partial charge in [-0.05, 0) is 37.1 Å². The highest BCUT2D eigenvalue weighted by Gasteiger charge is 2.43. The molecule has 0 radical (unpaired) electrons. The van der Waals surface area contributed by atoms with Crippen LogP contribution < -0.4 is 14.8 Å². The summed E-state index contributed by atoms with van der Waals surface area (Å²) in [6, 6.07) is 15.4. The van der Waals surface area contributed by atoms with Crippen molar-refractivity contribution in [2.75, 3.05) is 25.0 Å². The number of nitrogens with zero attached hydrogens (tertiary/aromatic N) is 1. The van der Waals surface area contributed by atoms with Crippen LogP contribution in [-0.4, -0.2) is 53.9 Å². The van der Waals surface area contributed by atoms with Gasteiger partial charge in [0.25, 0.3) is 0 Å². The summed E-state index contributed by atoms with van der Waals surface area (Å²) in [5, 5.41) is 14.0. The van der Waals surface area contributed by atoms with Crippen LogP contribution in [0.1, 0.15) is 39.0 Å². The minimum absolute atomic E-state index is 0.0443. The van der Waals surface area contributed by atoms with Crippen molar-refractivity contribution < 1.29 is 28.2 Å². The third-order valence-corrected chi connectivity index (χ3v) is 5.86. The number of carbonyl (C=O) groups is 1. The molecule has 2 aromatic rings. The Balaban J connectivity index is 1.65. The number of unbranched alkanes of at least 4 members (excludes halogenated alkanes) is 2. The summed E-state index contributed by atoms with van der Waals surface area (Å²) in [5.74, 6) is 0.228. The second kappa shape index (κ2) is 12.0. The number of ether oxygens (including phenoxy) is 2. The van der Waals surface area contributed by atoms with E-state index >= 15 is 0 Å². The molecule has 33 heavy (non-hydrogen) atoms. The Bertz CT molecular complexity index is 884. The van der Waals surface area contributed by atoms with Crippen LogP contribution in [-0.2, 0) is 4.79 Å². The maximum Gasteiger partial charge on any atom is 0.387 e. The quantitative estimate of drug-likeness (QED) is 0.474. The predicted octanol–water partition coefficient (Wildman–Crippen LogP) is 4.69. The number of piperidine rings is 1. The number of likely N-dealkylation sites (tertiary alicyclic amines) is 1. The Kier molecular flexibility index (Phi) is 9.03. The molecule has 1 fully saturated rings. The number of aliphatic hydroxyl groups is 1. The lowest BCUT2D eigenvalue weighted by molar-refractivity contribution is -0.127. The molecule has 180 valence electrons. The van der Waals surface area contributed by atoms with Crippen molar-refractivity contribution in [1.82, 2.24) is 4.90 Å². The topological polar surface area (TPSA) is 71.0 Å². The van der Waals surface area contributed by atoms with Gasteiger partial charge >= 0.3 is 6.61 Å². The number of hydrogen-bond donors (Lipinski definition) is 2. The van der Waals surface area contributed by atoms with Gasteiger partial charge in [-0.1, -0.05) is 56.5 Å². The van der Waals surface area contributed by atoms with E-state index in [0.717, 1.165) is 19.3 Å². The highest BCUT2D eigenvalue weighted by Crippen LogP contribution is 2.32. The highest BCUT2D eigenvalue weighted by molar-refractivity contribution is 5.93. The predicted molar refractivity (Wildman–Crippen MR) is 123 cm³/mol. The molecule has 2 N–H and O–H groups in total. The van der Waals surface area contributed by atoms with Crippen molar-refractivity contribution >= 4 is 11.6 Å². The number of para-hydroxylation sites is 3. The van der Waals surface area contributed by atoms with E-state index in [1.165, 1.54) is 12.1 Å². The fraction of sp³-hybridized carbons (Fsp3) is 0.480. The van der Waals surface area contributed by atoms with Crippen LogP contribution in [0.3, 0.4) is 0 Å². The maximum atomic E-state index is 12.7. The molecule has 1 saturated heterocycles. The number of anilines is 1. The summed E-state index contributed by atoms with van der Waals surface area (Å²) in [4.78, 5) is 14.6. The van der Waals surface area contributed by atoms with Gasteiger partial charge in [-0.3, -0.25) is 9.69 Å². The van der Waals surface area contributed by atoms with Crippen LogP contribution in [0, 0.1) is 0 Å². The molecule has 1 amide bonds. The molecule has 1 aliphatic rings. The number of nitrogens with one attached hydrogen (secondary N) is 1. The molecule has 0 saturated carbocycles. The van der Waals surface area contributed by atoms with Crippen LogP contribution in [0.2, 0.25) is 0 Å². The van der Waals surface area contributed by atoms with Gasteiger partial charge in [0.15, 0.2) is 0 Å². The normalized spacial score (nSPS) is 21.1. The Morgan fingerprint density at radius 1 is 1.18 bits per heavy atom. The van der Waals surface area contributed by atoms with Gasteiger partial charge in [0.2, 0.25) is 5.91 Å². The number of amides is 1. The van der Waals surface area contributed by atoms with E-state index in [2.05, 4.69) is 17.0 Å². The zero-order chi connectivity index (χ0) is 23.7. The average molecular weight is 463 g/mol. The second-order valence-electron chi connectivity index (χ2n) is 8.39. The summed E-state index contributed by atoms with van der Waals surface area (Å²) in [6.07, 6.45) is 3.62. The third-order valence-electron chi connectivity index (χ3n) is 5.86. The number of carbonyl (C=O) groups excluding carboxylic acids is 1. The first kappa shape index (κ1) is 24.9. The number of rotatable bonds is 11. The minimum atomic E-state index is -2.98. The van der Waals surface area contributed by atoms with Gasteiger partial charge in [0.1, 0.15) is 23.2 Å². The molecule has 0 spiro atoms. The lowest BCUT2D eigenvalue weighted by Gasteiger charge is -2.44. The van der Waals surface area contributed by atoms with Crippen LogP contribution in [0.15, 0.2) is 54.6 Å². The van der Waals surface area contributed by atoms with Crippen molar-refractivity contribution in [2.45, 2.75) is 57.3 Å². The first-order valence-corrected chi connectivity index (χ1v) is 11.4. The molecule has 0 aliphatic carbocycles. The number of alkyl halides is 2. The van der Waals surface area contributed by atoms with E-state index < -0.39 is 18.3 Å². The Morgan fingerprint density at radius 3 is 2.64 bits per heavy atom. The van der Waals surface area contributed by atoms with E-state index in [0.29, 0.717) is 31.7 Å². The minimum Gasteiger partial charge on any atom is -0.486 e. The second-order valence-corrected chi connectivity index (χ2v) is 8.39. The Morgan fingerprint density at radius 2 is 1.91 bits per heavy atom. The van der Waals surface area contributed by atoms with Crippen molar-refractivity contribution in [2.24, 2.45) is 0 Å². The number of hydrogen-bond acceptors (Lipinski definition) is 5. The standard InChI is InChI=1S/C25H32F2N2O4/c1-2-3-9-14-25(31)15-16-29(17-22(25)32-19-10-5-4-6-11-19)18-23(30)28-20-12-7-8-13-21(20)33-24(26)27/h4-8,10-13,22,24,31H,2-3,9,14-18H2,1H3,(H,28,30)/t22-,25-/m0/s1. The average Bonchev–Trinajstić information content (AvgIpc) is 2.78. The molecule has 2 atom stereocenters.